The summed E-state index contributed by atoms with van der Waals surface area (Å²) in [4.78, 5) is 12.0. The van der Waals surface area contributed by atoms with E-state index in [4.69, 9.17) is 5.73 Å². The first-order chi connectivity index (χ1) is 7.63. The van der Waals surface area contributed by atoms with Crippen molar-refractivity contribution in [1.29, 1.82) is 0 Å². The van der Waals surface area contributed by atoms with E-state index in [1.165, 1.54) is 5.56 Å². The summed E-state index contributed by atoms with van der Waals surface area (Å²) in [6, 6.07) is 6.11. The van der Waals surface area contributed by atoms with Crippen LogP contribution in [0.25, 0.3) is 0 Å². The lowest BCUT2D eigenvalue weighted by Crippen LogP contribution is -2.33. The highest BCUT2D eigenvalue weighted by molar-refractivity contribution is 6.06. The molecule has 1 amide bonds. The van der Waals surface area contributed by atoms with Gasteiger partial charge in [-0.3, -0.25) is 4.79 Å². The molecule has 1 unspecified atom stereocenters. The van der Waals surface area contributed by atoms with Crippen LogP contribution in [0.5, 0.6) is 0 Å². The fourth-order valence-electron chi connectivity index (χ4n) is 2.41. The molecule has 1 atom stereocenters. The van der Waals surface area contributed by atoms with Gasteiger partial charge in [-0.05, 0) is 37.4 Å². The second-order valence-corrected chi connectivity index (χ2v) is 4.52. The molecular weight excluding hydrogens is 200 g/mol. The van der Waals surface area contributed by atoms with Crippen LogP contribution >= 0.6 is 0 Å². The number of anilines is 1. The Labute approximate surface area is 96.0 Å². The minimum absolute atomic E-state index is 0.0776. The van der Waals surface area contributed by atoms with Gasteiger partial charge in [-0.1, -0.05) is 25.1 Å². The van der Waals surface area contributed by atoms with Crippen molar-refractivity contribution in [3.8, 4) is 0 Å². The zero-order chi connectivity index (χ0) is 11.8. The number of rotatable bonds is 3. The summed E-state index contributed by atoms with van der Waals surface area (Å²) in [5.41, 5.74) is 8.46. The monoisotopic (exact) mass is 218 g/mol. The number of amides is 1. The molecule has 86 valence electrons. The third-order valence-corrected chi connectivity index (χ3v) is 3.51. The Morgan fingerprint density at radius 1 is 1.44 bits per heavy atom. The van der Waals surface area contributed by atoms with Crippen LogP contribution in [-0.2, 0) is 16.6 Å². The average Bonchev–Trinajstić information content (AvgIpc) is 2.52. The van der Waals surface area contributed by atoms with Crippen LogP contribution in [-0.4, -0.2) is 12.5 Å². The van der Waals surface area contributed by atoms with E-state index in [1.54, 1.807) is 0 Å². The third kappa shape index (κ3) is 1.43. The molecule has 3 N–H and O–H groups in total. The van der Waals surface area contributed by atoms with Crippen LogP contribution in [0.4, 0.5) is 5.69 Å². The molecule has 2 rings (SSSR count). The molecule has 16 heavy (non-hydrogen) atoms. The molecule has 0 saturated carbocycles. The molecule has 3 nitrogen and oxygen atoms in total. The van der Waals surface area contributed by atoms with Gasteiger partial charge in [-0.2, -0.15) is 0 Å². The van der Waals surface area contributed by atoms with E-state index in [9.17, 15) is 4.79 Å². The van der Waals surface area contributed by atoms with Crippen molar-refractivity contribution in [1.82, 2.24) is 0 Å². The number of nitrogens with two attached hydrogens (primary N) is 1. The first-order valence-corrected chi connectivity index (χ1v) is 5.77. The number of hydrogen-bond donors (Lipinski definition) is 2. The minimum atomic E-state index is -0.449. The summed E-state index contributed by atoms with van der Waals surface area (Å²) in [6.45, 7) is 4.60. The van der Waals surface area contributed by atoms with Crippen LogP contribution in [0.1, 0.15) is 31.4 Å². The Morgan fingerprint density at radius 3 is 2.81 bits per heavy atom. The highest BCUT2D eigenvalue weighted by Crippen LogP contribution is 2.41. The highest BCUT2D eigenvalue weighted by atomic mass is 16.2. The highest BCUT2D eigenvalue weighted by Gasteiger charge is 2.42. The largest absolute Gasteiger partial charge is 0.330 e. The second-order valence-electron chi connectivity index (χ2n) is 4.52. The Hall–Kier alpha value is -1.35. The van der Waals surface area contributed by atoms with E-state index >= 15 is 0 Å². The average molecular weight is 218 g/mol. The molecule has 0 aliphatic carbocycles. The van der Waals surface area contributed by atoms with E-state index in [0.717, 1.165) is 17.7 Å². The molecule has 1 aromatic rings. The molecule has 0 saturated heterocycles. The van der Waals surface area contributed by atoms with Crippen molar-refractivity contribution >= 4 is 11.6 Å². The van der Waals surface area contributed by atoms with Gasteiger partial charge in [-0.15, -0.1) is 0 Å². The van der Waals surface area contributed by atoms with Gasteiger partial charge in [0.2, 0.25) is 5.91 Å². The zero-order valence-electron chi connectivity index (χ0n) is 9.84. The number of hydrogen-bond acceptors (Lipinski definition) is 2. The summed E-state index contributed by atoms with van der Waals surface area (Å²) in [5, 5.41) is 3.00. The summed E-state index contributed by atoms with van der Waals surface area (Å²) in [6.07, 6.45) is 1.63. The van der Waals surface area contributed by atoms with Crippen molar-refractivity contribution in [2.45, 2.75) is 32.1 Å². The van der Waals surface area contributed by atoms with E-state index in [0.29, 0.717) is 13.0 Å². The van der Waals surface area contributed by atoms with Gasteiger partial charge >= 0.3 is 0 Å². The first kappa shape index (κ1) is 11.1. The van der Waals surface area contributed by atoms with Gasteiger partial charge in [0.15, 0.2) is 0 Å². The number of fused-ring (bicyclic) bond motifs is 1. The van der Waals surface area contributed by atoms with Gasteiger partial charge in [-0.25, -0.2) is 0 Å². The SMILES string of the molecule is CCc1cccc2c1NC(=O)C2(C)CCN. The third-order valence-electron chi connectivity index (χ3n) is 3.51. The molecule has 0 bridgehead atoms. The number of nitrogens with one attached hydrogen (secondary N) is 1. The molecule has 0 fully saturated rings. The topological polar surface area (TPSA) is 55.1 Å². The van der Waals surface area contributed by atoms with E-state index in [1.807, 2.05) is 19.1 Å². The minimum Gasteiger partial charge on any atom is -0.330 e. The number of para-hydroxylation sites is 1. The Bertz CT molecular complexity index is 428. The quantitative estimate of drug-likeness (QED) is 0.813. The van der Waals surface area contributed by atoms with Gasteiger partial charge < -0.3 is 11.1 Å². The number of carbonyl (C=O) groups excluding carboxylic acids is 1. The van der Waals surface area contributed by atoms with Crippen LogP contribution in [0.15, 0.2) is 18.2 Å². The molecule has 0 aromatic heterocycles. The van der Waals surface area contributed by atoms with Crippen molar-refractivity contribution in [2.75, 3.05) is 11.9 Å². The summed E-state index contributed by atoms with van der Waals surface area (Å²) < 4.78 is 0. The molecule has 3 heteroatoms. The Balaban J connectivity index is 2.53. The Morgan fingerprint density at radius 2 is 2.19 bits per heavy atom. The smallest absolute Gasteiger partial charge is 0.234 e. The van der Waals surface area contributed by atoms with Crippen LogP contribution in [0, 0.1) is 0 Å². The normalized spacial score (nSPS) is 23.1. The maximum absolute atomic E-state index is 12.0. The lowest BCUT2D eigenvalue weighted by atomic mass is 9.80. The van der Waals surface area contributed by atoms with Gasteiger partial charge in [0, 0.05) is 5.69 Å². The van der Waals surface area contributed by atoms with E-state index in [2.05, 4.69) is 18.3 Å². The van der Waals surface area contributed by atoms with Crippen molar-refractivity contribution in [2.24, 2.45) is 5.73 Å². The fourth-order valence-corrected chi connectivity index (χ4v) is 2.41. The predicted octanol–water partition coefficient (Wildman–Crippen LogP) is 1.81. The summed E-state index contributed by atoms with van der Waals surface area (Å²) >= 11 is 0. The zero-order valence-corrected chi connectivity index (χ0v) is 9.84. The maximum Gasteiger partial charge on any atom is 0.234 e. The maximum atomic E-state index is 12.0. The molecule has 0 radical (unpaired) electrons. The molecule has 0 spiro atoms. The molecule has 1 aromatic carbocycles. The molecule has 1 aliphatic rings. The van der Waals surface area contributed by atoms with E-state index in [-0.39, 0.29) is 5.91 Å². The summed E-state index contributed by atoms with van der Waals surface area (Å²) in [7, 11) is 0. The lowest BCUT2D eigenvalue weighted by molar-refractivity contribution is -0.120. The van der Waals surface area contributed by atoms with Crippen molar-refractivity contribution < 1.29 is 4.79 Å². The first-order valence-electron chi connectivity index (χ1n) is 5.77. The predicted molar refractivity (Wildman–Crippen MR) is 65.5 cm³/mol. The number of carbonyl (C=O) groups is 1. The van der Waals surface area contributed by atoms with Gasteiger partial charge in [0.1, 0.15) is 0 Å². The van der Waals surface area contributed by atoms with E-state index < -0.39 is 5.41 Å². The molecule has 1 heterocycles. The van der Waals surface area contributed by atoms with Gasteiger partial charge in [0.25, 0.3) is 0 Å². The molecular formula is C13H18N2O. The summed E-state index contributed by atoms with van der Waals surface area (Å²) in [5.74, 6) is 0.0776. The number of aryl methyl sites for hydroxylation is 1. The second kappa shape index (κ2) is 3.91. The van der Waals surface area contributed by atoms with Crippen LogP contribution in [0.3, 0.4) is 0 Å². The fraction of sp³-hybridized carbons (Fsp3) is 0.462. The Kier molecular flexibility index (Phi) is 2.72. The van der Waals surface area contributed by atoms with Crippen molar-refractivity contribution in [3.63, 3.8) is 0 Å². The van der Waals surface area contributed by atoms with Gasteiger partial charge in [0.05, 0.1) is 5.41 Å². The number of benzene rings is 1. The van der Waals surface area contributed by atoms with Crippen molar-refractivity contribution in [3.05, 3.63) is 29.3 Å². The standard InChI is InChI=1S/C13H18N2O/c1-3-9-5-4-6-10-11(9)15-12(16)13(10,2)7-8-14/h4-6H,3,7-8,14H2,1-2H3,(H,15,16). The van der Waals surface area contributed by atoms with Crippen LogP contribution < -0.4 is 11.1 Å². The lowest BCUT2D eigenvalue weighted by Gasteiger charge is -2.21. The van der Waals surface area contributed by atoms with Crippen LogP contribution in [0.2, 0.25) is 0 Å². The molecule has 1 aliphatic heterocycles.